The Labute approximate surface area is 159 Å². The molecule has 7 heteroatoms. The van der Waals surface area contributed by atoms with Gasteiger partial charge < -0.3 is 9.64 Å². The molecular weight excluding hydrogens is 346 g/mol. The summed E-state index contributed by atoms with van der Waals surface area (Å²) in [4.78, 5) is 3.02. The minimum atomic E-state index is 0.237. The molecule has 142 valence electrons. The Morgan fingerprint density at radius 2 is 2.12 bits per heavy atom. The molecule has 0 amide bonds. The van der Waals surface area contributed by atoms with Crippen molar-refractivity contribution >= 4 is 11.3 Å². The van der Waals surface area contributed by atoms with Crippen molar-refractivity contribution in [2.24, 2.45) is 5.41 Å². The third-order valence-electron chi connectivity index (χ3n) is 6.28. The van der Waals surface area contributed by atoms with E-state index in [2.05, 4.69) is 33.0 Å². The van der Waals surface area contributed by atoms with E-state index < -0.39 is 0 Å². The van der Waals surface area contributed by atoms with Gasteiger partial charge in [-0.3, -0.25) is 0 Å². The highest BCUT2D eigenvalue weighted by Crippen LogP contribution is 2.40. The van der Waals surface area contributed by atoms with Gasteiger partial charge in [-0.25, -0.2) is 4.68 Å². The van der Waals surface area contributed by atoms with Crippen LogP contribution in [0.1, 0.15) is 61.7 Å². The topological polar surface area (TPSA) is 57.3 Å². The fraction of sp³-hybridized carbons (Fsp3) is 0.737. The lowest BCUT2D eigenvalue weighted by Gasteiger charge is -2.44. The summed E-state index contributed by atoms with van der Waals surface area (Å²) in [5, 5.41) is 14.9. The Balaban J connectivity index is 1.63. The summed E-state index contributed by atoms with van der Waals surface area (Å²) in [5.74, 6) is 0.993. The molecule has 4 rings (SSSR count). The van der Waals surface area contributed by atoms with E-state index in [1.807, 2.05) is 16.0 Å². The molecule has 2 fully saturated rings. The van der Waals surface area contributed by atoms with Gasteiger partial charge in [0.05, 0.1) is 31.1 Å². The first kappa shape index (κ1) is 18.1. The number of hydrogen-bond acceptors (Lipinski definition) is 5. The number of likely N-dealkylation sites (tertiary alicyclic amines) is 1. The summed E-state index contributed by atoms with van der Waals surface area (Å²) in [7, 11) is 1.73. The van der Waals surface area contributed by atoms with Crippen LogP contribution >= 0.6 is 11.3 Å². The number of quaternary nitrogens is 1. The van der Waals surface area contributed by atoms with E-state index in [-0.39, 0.29) is 6.04 Å². The van der Waals surface area contributed by atoms with Crippen LogP contribution < -0.4 is 4.90 Å². The number of hydrogen-bond donors (Lipinski definition) is 1. The highest BCUT2D eigenvalue weighted by atomic mass is 32.1. The molecule has 0 bridgehead atoms. The number of ether oxygens (including phenoxy) is 1. The molecule has 2 atom stereocenters. The molecule has 6 nitrogen and oxygen atoms in total. The average molecular weight is 377 g/mol. The molecule has 26 heavy (non-hydrogen) atoms. The molecule has 0 radical (unpaired) electrons. The number of aromatic nitrogens is 4. The Morgan fingerprint density at radius 3 is 2.88 bits per heavy atom. The third kappa shape index (κ3) is 3.70. The minimum Gasteiger partial charge on any atom is -0.383 e. The SMILES string of the molecule is COCCn1nnnc1[C@H](c1cccs1)[NH+]1CCCC2(CCCCC2)C1. The second kappa shape index (κ2) is 8.15. The van der Waals surface area contributed by atoms with E-state index in [1.54, 1.807) is 12.0 Å². The van der Waals surface area contributed by atoms with Crippen molar-refractivity contribution in [1.82, 2.24) is 20.2 Å². The van der Waals surface area contributed by atoms with Crippen molar-refractivity contribution < 1.29 is 9.64 Å². The molecule has 2 aromatic heterocycles. The van der Waals surface area contributed by atoms with Gasteiger partial charge in [-0.05, 0) is 47.6 Å². The van der Waals surface area contributed by atoms with Crippen molar-refractivity contribution in [3.05, 3.63) is 28.2 Å². The van der Waals surface area contributed by atoms with Crippen LogP contribution in [0.15, 0.2) is 17.5 Å². The van der Waals surface area contributed by atoms with Crippen molar-refractivity contribution in [2.45, 2.75) is 57.5 Å². The smallest absolute Gasteiger partial charge is 0.215 e. The molecule has 1 unspecified atom stereocenters. The van der Waals surface area contributed by atoms with E-state index in [9.17, 15) is 0 Å². The Kier molecular flexibility index (Phi) is 5.66. The van der Waals surface area contributed by atoms with Gasteiger partial charge in [-0.1, -0.05) is 25.3 Å². The monoisotopic (exact) mass is 376 g/mol. The van der Waals surface area contributed by atoms with Gasteiger partial charge in [0.25, 0.3) is 0 Å². The number of thiophene rings is 1. The quantitative estimate of drug-likeness (QED) is 0.839. The summed E-state index contributed by atoms with van der Waals surface area (Å²) in [6.45, 7) is 3.81. The number of piperidine rings is 1. The Morgan fingerprint density at radius 1 is 1.27 bits per heavy atom. The van der Waals surface area contributed by atoms with E-state index in [4.69, 9.17) is 4.74 Å². The fourth-order valence-electron chi connectivity index (χ4n) is 5.05. The number of tetrazole rings is 1. The summed E-state index contributed by atoms with van der Waals surface area (Å²) in [6, 6.07) is 4.64. The van der Waals surface area contributed by atoms with Crippen LogP contribution in [0.4, 0.5) is 0 Å². The third-order valence-corrected chi connectivity index (χ3v) is 7.22. The fourth-order valence-corrected chi connectivity index (χ4v) is 5.93. The summed E-state index contributed by atoms with van der Waals surface area (Å²) < 4.78 is 7.20. The number of methoxy groups -OCH3 is 1. The second-order valence-electron chi connectivity index (χ2n) is 7.95. The molecule has 1 spiro atoms. The Bertz CT molecular complexity index is 674. The predicted molar refractivity (Wildman–Crippen MR) is 101 cm³/mol. The zero-order valence-corrected chi connectivity index (χ0v) is 16.5. The maximum Gasteiger partial charge on any atom is 0.215 e. The van der Waals surface area contributed by atoms with Gasteiger partial charge in [0.1, 0.15) is 0 Å². The van der Waals surface area contributed by atoms with Crippen LogP contribution in [-0.2, 0) is 11.3 Å². The molecule has 1 saturated heterocycles. The molecule has 2 aromatic rings. The largest absolute Gasteiger partial charge is 0.383 e. The predicted octanol–water partition coefficient (Wildman–Crippen LogP) is 2.10. The second-order valence-corrected chi connectivity index (χ2v) is 8.93. The molecule has 1 N–H and O–H groups in total. The van der Waals surface area contributed by atoms with Crippen molar-refractivity contribution in [3.63, 3.8) is 0 Å². The lowest BCUT2D eigenvalue weighted by Crippen LogP contribution is -3.14. The van der Waals surface area contributed by atoms with E-state index in [1.165, 1.54) is 62.9 Å². The van der Waals surface area contributed by atoms with Crippen LogP contribution in [0.25, 0.3) is 0 Å². The summed E-state index contributed by atoms with van der Waals surface area (Å²) in [5.41, 5.74) is 0.548. The molecule has 1 saturated carbocycles. The molecule has 1 aliphatic heterocycles. The van der Waals surface area contributed by atoms with Gasteiger partial charge in [-0.2, -0.15) is 0 Å². The lowest BCUT2D eigenvalue weighted by molar-refractivity contribution is -0.938. The zero-order valence-electron chi connectivity index (χ0n) is 15.7. The molecule has 2 aliphatic rings. The van der Waals surface area contributed by atoms with Crippen molar-refractivity contribution in [2.75, 3.05) is 26.8 Å². The average Bonchev–Trinajstić information content (AvgIpc) is 3.34. The van der Waals surface area contributed by atoms with Gasteiger partial charge in [0.2, 0.25) is 5.82 Å². The maximum absolute atomic E-state index is 5.26. The highest BCUT2D eigenvalue weighted by molar-refractivity contribution is 7.10. The number of rotatable bonds is 6. The van der Waals surface area contributed by atoms with Crippen LogP contribution in [0.2, 0.25) is 0 Å². The lowest BCUT2D eigenvalue weighted by atomic mass is 9.69. The highest BCUT2D eigenvalue weighted by Gasteiger charge is 2.43. The maximum atomic E-state index is 5.26. The van der Waals surface area contributed by atoms with Gasteiger partial charge >= 0.3 is 0 Å². The van der Waals surface area contributed by atoms with Crippen molar-refractivity contribution in [3.8, 4) is 0 Å². The number of nitrogens with one attached hydrogen (secondary N) is 1. The first-order valence-electron chi connectivity index (χ1n) is 9.94. The summed E-state index contributed by atoms with van der Waals surface area (Å²) in [6.07, 6.45) is 9.76. The van der Waals surface area contributed by atoms with Gasteiger partial charge in [0, 0.05) is 12.5 Å². The van der Waals surface area contributed by atoms with Crippen LogP contribution in [0.5, 0.6) is 0 Å². The first-order chi connectivity index (χ1) is 12.8. The molecule has 0 aromatic carbocycles. The first-order valence-corrected chi connectivity index (χ1v) is 10.8. The van der Waals surface area contributed by atoms with Crippen LogP contribution in [0, 0.1) is 5.41 Å². The minimum absolute atomic E-state index is 0.237. The zero-order chi connectivity index (χ0) is 17.8. The standard InChI is InChI=1S/C19H29N5OS/c1-25-13-12-24-18(20-21-22-24)17(16-7-5-14-26-16)23-11-6-10-19(15-23)8-3-2-4-9-19/h5,7,14,17H,2-4,6,8-13,15H2,1H3/p+1/t17-/m0/s1. The Hall–Kier alpha value is -1.31. The number of nitrogens with zero attached hydrogens (tertiary/aromatic N) is 4. The normalized spacial score (nSPS) is 24.0. The van der Waals surface area contributed by atoms with E-state index >= 15 is 0 Å². The summed E-state index contributed by atoms with van der Waals surface area (Å²) >= 11 is 1.83. The van der Waals surface area contributed by atoms with Gasteiger partial charge in [-0.15, -0.1) is 16.4 Å². The molecule has 1 aliphatic carbocycles. The van der Waals surface area contributed by atoms with Gasteiger partial charge in [0.15, 0.2) is 6.04 Å². The molecular formula is C19H30N5OS+. The van der Waals surface area contributed by atoms with E-state index in [0.717, 1.165) is 5.82 Å². The van der Waals surface area contributed by atoms with Crippen LogP contribution in [-0.4, -0.2) is 47.0 Å². The van der Waals surface area contributed by atoms with Crippen molar-refractivity contribution in [1.29, 1.82) is 0 Å². The molecule has 3 heterocycles. The van der Waals surface area contributed by atoms with E-state index in [0.29, 0.717) is 18.6 Å². The van der Waals surface area contributed by atoms with Crippen LogP contribution in [0.3, 0.4) is 0 Å².